The maximum Gasteiger partial charge on any atom is 0.341 e. The summed E-state index contributed by atoms with van der Waals surface area (Å²) in [5.74, 6) is -1.49. The zero-order valence-electron chi connectivity index (χ0n) is 22.6. The SMILES string of the molecule is CC(C)(C)OC(=O)c1ccc(-c2nc([C@H]3CC[C@H](O[Si](C)(C)C(C)(C)C)[C@@H](F)C3)cnc2N)cc1F. The van der Waals surface area contributed by atoms with Gasteiger partial charge in [0.25, 0.3) is 0 Å². The quantitative estimate of drug-likeness (QED) is 0.345. The third kappa shape index (κ3) is 6.48. The second-order valence-electron chi connectivity index (χ2n) is 12.2. The average molecular weight is 520 g/mol. The summed E-state index contributed by atoms with van der Waals surface area (Å²) in [6.45, 7) is 15.9. The minimum absolute atomic E-state index is 0.00913. The Hall–Kier alpha value is -2.39. The number of nitrogen functional groups attached to an aromatic ring is 1. The van der Waals surface area contributed by atoms with Crippen LogP contribution in [0.1, 0.15) is 82.8 Å². The van der Waals surface area contributed by atoms with Gasteiger partial charge in [-0.15, -0.1) is 0 Å². The molecule has 2 N–H and O–H groups in total. The number of nitrogens with zero attached hydrogens (tertiary/aromatic N) is 2. The smallest absolute Gasteiger partial charge is 0.341 e. The Morgan fingerprint density at radius 1 is 1.14 bits per heavy atom. The van der Waals surface area contributed by atoms with Crippen LogP contribution in [0.5, 0.6) is 0 Å². The van der Waals surface area contributed by atoms with E-state index in [0.717, 1.165) is 0 Å². The lowest BCUT2D eigenvalue weighted by atomic mass is 9.84. The number of carbonyl (C=O) groups excluding carboxylic acids is 1. The van der Waals surface area contributed by atoms with Crippen molar-refractivity contribution in [3.8, 4) is 11.3 Å². The van der Waals surface area contributed by atoms with Crippen molar-refractivity contribution in [1.29, 1.82) is 0 Å². The number of hydrogen-bond donors (Lipinski definition) is 1. The summed E-state index contributed by atoms with van der Waals surface area (Å²) in [5, 5.41) is 0.00913. The van der Waals surface area contributed by atoms with E-state index in [4.69, 9.17) is 14.9 Å². The number of hydrogen-bond acceptors (Lipinski definition) is 6. The van der Waals surface area contributed by atoms with Crippen molar-refractivity contribution in [3.63, 3.8) is 0 Å². The summed E-state index contributed by atoms with van der Waals surface area (Å²) in [6.07, 6.45) is 1.63. The highest BCUT2D eigenvalue weighted by atomic mass is 28.4. The van der Waals surface area contributed by atoms with Crippen LogP contribution in [0.15, 0.2) is 24.4 Å². The lowest BCUT2D eigenvalue weighted by Crippen LogP contribution is -2.47. The van der Waals surface area contributed by atoms with Gasteiger partial charge in [-0.3, -0.25) is 0 Å². The molecule has 1 aliphatic rings. The van der Waals surface area contributed by atoms with Gasteiger partial charge in [0, 0.05) is 11.5 Å². The molecule has 1 heterocycles. The van der Waals surface area contributed by atoms with Crippen LogP contribution < -0.4 is 5.73 Å². The molecule has 1 fully saturated rings. The number of esters is 1. The third-order valence-corrected chi connectivity index (χ3v) is 11.6. The summed E-state index contributed by atoms with van der Waals surface area (Å²) in [5.41, 5.74) is 6.46. The Balaban J connectivity index is 1.79. The highest BCUT2D eigenvalue weighted by Gasteiger charge is 2.43. The first-order valence-corrected chi connectivity index (χ1v) is 15.4. The van der Waals surface area contributed by atoms with Gasteiger partial charge in [-0.1, -0.05) is 26.8 Å². The van der Waals surface area contributed by atoms with Gasteiger partial charge in [0.05, 0.1) is 23.6 Å². The summed E-state index contributed by atoms with van der Waals surface area (Å²) >= 11 is 0. The molecule has 0 spiro atoms. The average Bonchev–Trinajstić information content (AvgIpc) is 2.73. The number of halogens is 2. The Morgan fingerprint density at radius 2 is 1.81 bits per heavy atom. The van der Waals surface area contributed by atoms with Crippen molar-refractivity contribution in [2.75, 3.05) is 5.73 Å². The molecule has 1 aromatic carbocycles. The number of carbonyl (C=O) groups is 1. The first-order valence-electron chi connectivity index (χ1n) is 12.5. The van der Waals surface area contributed by atoms with Gasteiger partial charge in [-0.05, 0) is 70.3 Å². The highest BCUT2D eigenvalue weighted by molar-refractivity contribution is 6.74. The van der Waals surface area contributed by atoms with Crippen molar-refractivity contribution in [2.24, 2.45) is 0 Å². The lowest BCUT2D eigenvalue weighted by Gasteiger charge is -2.42. The van der Waals surface area contributed by atoms with Crippen LogP contribution in [-0.2, 0) is 9.16 Å². The van der Waals surface area contributed by atoms with Gasteiger partial charge in [-0.25, -0.2) is 23.5 Å². The molecule has 0 unspecified atom stereocenters. The molecule has 0 amide bonds. The Kier molecular flexibility index (Phi) is 7.96. The molecule has 198 valence electrons. The molecule has 0 aliphatic heterocycles. The number of aromatic nitrogens is 2. The zero-order valence-corrected chi connectivity index (χ0v) is 23.6. The molecule has 3 atom stereocenters. The van der Waals surface area contributed by atoms with Crippen LogP contribution >= 0.6 is 0 Å². The number of benzene rings is 1. The van der Waals surface area contributed by atoms with Crippen LogP contribution in [0.3, 0.4) is 0 Å². The molecule has 0 radical (unpaired) electrons. The van der Waals surface area contributed by atoms with Gasteiger partial charge < -0.3 is 14.9 Å². The van der Waals surface area contributed by atoms with E-state index in [2.05, 4.69) is 43.8 Å². The number of ether oxygens (including phenoxy) is 1. The normalized spacial score (nSPS) is 21.3. The lowest BCUT2D eigenvalue weighted by molar-refractivity contribution is 0.00647. The van der Waals surface area contributed by atoms with Crippen LogP contribution in [0.2, 0.25) is 18.1 Å². The molecule has 0 saturated heterocycles. The van der Waals surface area contributed by atoms with Crippen molar-refractivity contribution in [3.05, 3.63) is 41.5 Å². The van der Waals surface area contributed by atoms with Crippen molar-refractivity contribution in [1.82, 2.24) is 9.97 Å². The van der Waals surface area contributed by atoms with Crippen molar-refractivity contribution < 1.29 is 22.7 Å². The summed E-state index contributed by atoms with van der Waals surface area (Å²) in [6, 6.07) is 4.12. The second-order valence-corrected chi connectivity index (χ2v) is 16.9. The molecule has 36 heavy (non-hydrogen) atoms. The third-order valence-electron chi connectivity index (χ3n) is 7.06. The molecule has 6 nitrogen and oxygen atoms in total. The van der Waals surface area contributed by atoms with Crippen LogP contribution in [0.25, 0.3) is 11.3 Å². The number of alkyl halides is 1. The fraction of sp³-hybridized carbons (Fsp3) is 0.593. The summed E-state index contributed by atoms with van der Waals surface area (Å²) in [7, 11) is -2.08. The Morgan fingerprint density at radius 3 is 2.36 bits per heavy atom. The number of nitrogens with two attached hydrogens (primary N) is 1. The highest BCUT2D eigenvalue weighted by Crippen LogP contribution is 2.42. The maximum atomic E-state index is 15.2. The minimum atomic E-state index is -2.08. The molecule has 1 saturated carbocycles. The van der Waals surface area contributed by atoms with E-state index in [1.807, 2.05) is 0 Å². The summed E-state index contributed by atoms with van der Waals surface area (Å²) < 4.78 is 41.7. The monoisotopic (exact) mass is 519 g/mol. The molecule has 1 aliphatic carbocycles. The van der Waals surface area contributed by atoms with Crippen LogP contribution in [-0.4, -0.2) is 42.1 Å². The van der Waals surface area contributed by atoms with Gasteiger partial charge in [-0.2, -0.15) is 0 Å². The van der Waals surface area contributed by atoms with Gasteiger partial charge >= 0.3 is 5.97 Å². The fourth-order valence-corrected chi connectivity index (χ4v) is 5.40. The first-order chi connectivity index (χ1) is 16.5. The molecular weight excluding hydrogens is 480 g/mol. The van der Waals surface area contributed by atoms with E-state index in [9.17, 15) is 9.18 Å². The fourth-order valence-electron chi connectivity index (χ4n) is 4.03. The predicted octanol–water partition coefficient (Wildman–Crippen LogP) is 6.82. The molecular formula is C27H39F2N3O3Si. The van der Waals surface area contributed by atoms with Crippen molar-refractivity contribution >= 4 is 20.1 Å². The molecule has 2 aromatic rings. The Bertz CT molecular complexity index is 1110. The van der Waals surface area contributed by atoms with Crippen molar-refractivity contribution in [2.45, 2.75) is 103 Å². The number of anilines is 1. The molecule has 3 rings (SSSR count). The van der Waals surface area contributed by atoms with Crippen LogP contribution in [0, 0.1) is 5.82 Å². The van der Waals surface area contributed by atoms with Crippen LogP contribution in [0.4, 0.5) is 14.6 Å². The van der Waals surface area contributed by atoms with E-state index >= 15 is 4.39 Å². The molecule has 1 aromatic heterocycles. The largest absolute Gasteiger partial charge is 0.456 e. The van der Waals surface area contributed by atoms with E-state index < -0.39 is 38.0 Å². The zero-order chi connectivity index (χ0) is 27.1. The molecule has 0 bridgehead atoms. The maximum absolute atomic E-state index is 15.2. The second kappa shape index (κ2) is 10.2. The standard InChI is InChI=1S/C27H39F2N3O3Si/c1-26(2,3)34-25(33)18-11-9-17(14-19(18)28)23-24(30)31-15-21(32-23)16-10-12-22(20(29)13-16)35-36(7,8)27(4,5)6/h9,11,14-16,20,22H,10,12-13H2,1-8H3,(H2,30,31)/t16-,20-,22-/m0/s1. The predicted molar refractivity (Wildman–Crippen MR) is 141 cm³/mol. The Labute approximate surface area is 214 Å². The van der Waals surface area contributed by atoms with E-state index in [1.54, 1.807) is 33.0 Å². The van der Waals surface area contributed by atoms with E-state index in [0.29, 0.717) is 29.8 Å². The van der Waals surface area contributed by atoms with Gasteiger partial charge in [0.2, 0.25) is 0 Å². The topological polar surface area (TPSA) is 87.3 Å². The number of rotatable bonds is 5. The van der Waals surface area contributed by atoms with Gasteiger partial charge in [0.15, 0.2) is 8.32 Å². The molecule has 9 heteroatoms. The minimum Gasteiger partial charge on any atom is -0.456 e. The first kappa shape index (κ1) is 28.2. The van der Waals surface area contributed by atoms with E-state index in [1.165, 1.54) is 12.1 Å². The van der Waals surface area contributed by atoms with Gasteiger partial charge in [0.1, 0.15) is 29.1 Å². The summed E-state index contributed by atoms with van der Waals surface area (Å²) in [4.78, 5) is 21.2. The van der Waals surface area contributed by atoms with E-state index in [-0.39, 0.29) is 28.8 Å².